The molecule has 11 heteroatoms. The lowest BCUT2D eigenvalue weighted by Gasteiger charge is -2.11. The Balaban J connectivity index is 1.89. The molecule has 7 nitrogen and oxygen atoms in total. The van der Waals surface area contributed by atoms with Crippen molar-refractivity contribution < 1.29 is 46.0 Å². The quantitative estimate of drug-likeness (QED) is 0.312. The molecule has 0 radical (unpaired) electrons. The molecule has 0 spiro atoms. The molecule has 0 saturated heterocycles. The van der Waals surface area contributed by atoms with E-state index in [0.717, 1.165) is 0 Å². The van der Waals surface area contributed by atoms with Gasteiger partial charge in [0.25, 0.3) is 0 Å². The van der Waals surface area contributed by atoms with Crippen LogP contribution in [0.25, 0.3) is 6.08 Å². The maximum atomic E-state index is 12.5. The van der Waals surface area contributed by atoms with Crippen LogP contribution in [-0.4, -0.2) is 38.8 Å². The molecule has 2 aromatic rings. The van der Waals surface area contributed by atoms with E-state index in [9.17, 15) is 22.4 Å². The van der Waals surface area contributed by atoms with Crippen LogP contribution >= 0.6 is 0 Å². The van der Waals surface area contributed by atoms with Gasteiger partial charge >= 0.3 is 19.2 Å². The first-order valence-electron chi connectivity index (χ1n) is 9.18. The first-order valence-corrected chi connectivity index (χ1v) is 9.18. The van der Waals surface area contributed by atoms with Gasteiger partial charge in [-0.2, -0.15) is 17.6 Å². The van der Waals surface area contributed by atoms with Crippen LogP contribution in [0.1, 0.15) is 18.1 Å². The van der Waals surface area contributed by atoms with Gasteiger partial charge in [0.15, 0.2) is 28.7 Å². The highest BCUT2D eigenvalue weighted by Crippen LogP contribution is 2.33. The molecule has 0 N–H and O–H groups in total. The largest absolute Gasteiger partial charge is 0.493 e. The van der Waals surface area contributed by atoms with Gasteiger partial charge in [-0.1, -0.05) is 6.07 Å². The SMILES string of the molecule is CCOc1cc(/C=C2\N=C(c3ccc(OC(F)F)c(OC)c3)OC2=O)ccc1OC(F)F. The normalized spacial score (nSPS) is 14.6. The molecule has 0 fully saturated rings. The minimum Gasteiger partial charge on any atom is -0.493 e. The van der Waals surface area contributed by atoms with E-state index in [1.807, 2.05) is 0 Å². The van der Waals surface area contributed by atoms with Crippen molar-refractivity contribution in [3.63, 3.8) is 0 Å². The van der Waals surface area contributed by atoms with E-state index >= 15 is 0 Å². The van der Waals surface area contributed by atoms with E-state index < -0.39 is 19.2 Å². The summed E-state index contributed by atoms with van der Waals surface area (Å²) in [5.41, 5.74) is 0.637. The number of carbonyl (C=O) groups is 1. The summed E-state index contributed by atoms with van der Waals surface area (Å²) < 4.78 is 74.3. The Labute approximate surface area is 179 Å². The lowest BCUT2D eigenvalue weighted by Crippen LogP contribution is -2.07. The topological polar surface area (TPSA) is 75.6 Å². The van der Waals surface area contributed by atoms with Crippen molar-refractivity contribution in [2.24, 2.45) is 4.99 Å². The van der Waals surface area contributed by atoms with E-state index in [2.05, 4.69) is 14.5 Å². The van der Waals surface area contributed by atoms with E-state index in [1.165, 1.54) is 49.6 Å². The van der Waals surface area contributed by atoms with Crippen LogP contribution in [-0.2, 0) is 9.53 Å². The number of hydrogen-bond donors (Lipinski definition) is 0. The van der Waals surface area contributed by atoms with Crippen molar-refractivity contribution in [2.45, 2.75) is 20.1 Å². The van der Waals surface area contributed by atoms with E-state index in [4.69, 9.17) is 14.2 Å². The predicted octanol–water partition coefficient (Wildman–Crippen LogP) is 4.64. The van der Waals surface area contributed by atoms with Crippen molar-refractivity contribution in [2.75, 3.05) is 13.7 Å². The number of carbonyl (C=O) groups excluding carboxylic acids is 1. The predicted molar refractivity (Wildman–Crippen MR) is 104 cm³/mol. The number of hydrogen-bond acceptors (Lipinski definition) is 7. The third-order valence-electron chi connectivity index (χ3n) is 4.03. The number of alkyl halides is 4. The number of cyclic esters (lactones) is 1. The molecular formula is C21H17F4NO6. The summed E-state index contributed by atoms with van der Waals surface area (Å²) in [5, 5.41) is 0. The summed E-state index contributed by atoms with van der Waals surface area (Å²) in [6.07, 6.45) is 1.37. The number of benzene rings is 2. The van der Waals surface area contributed by atoms with Gasteiger partial charge in [-0.15, -0.1) is 0 Å². The fourth-order valence-electron chi connectivity index (χ4n) is 2.76. The Kier molecular flexibility index (Phi) is 7.18. The third-order valence-corrected chi connectivity index (χ3v) is 4.03. The van der Waals surface area contributed by atoms with E-state index in [-0.39, 0.29) is 46.8 Å². The molecule has 1 heterocycles. The summed E-state index contributed by atoms with van der Waals surface area (Å²) in [6, 6.07) is 8.06. The van der Waals surface area contributed by atoms with Crippen LogP contribution < -0.4 is 18.9 Å². The number of halogens is 4. The number of rotatable bonds is 9. The summed E-state index contributed by atoms with van der Waals surface area (Å²) in [4.78, 5) is 16.4. The van der Waals surface area contributed by atoms with Crippen molar-refractivity contribution in [1.29, 1.82) is 0 Å². The number of aliphatic imine (C=N–C) groups is 1. The highest BCUT2D eigenvalue weighted by Gasteiger charge is 2.25. The Morgan fingerprint density at radius 3 is 2.25 bits per heavy atom. The fourth-order valence-corrected chi connectivity index (χ4v) is 2.76. The van der Waals surface area contributed by atoms with Crippen molar-refractivity contribution in [1.82, 2.24) is 0 Å². The number of nitrogens with zero attached hydrogens (tertiary/aromatic N) is 1. The summed E-state index contributed by atoms with van der Waals surface area (Å²) >= 11 is 0. The van der Waals surface area contributed by atoms with Crippen LogP contribution in [0.5, 0.6) is 23.0 Å². The van der Waals surface area contributed by atoms with E-state index in [1.54, 1.807) is 6.92 Å². The minimum absolute atomic E-state index is 0.00467. The molecule has 32 heavy (non-hydrogen) atoms. The lowest BCUT2D eigenvalue weighted by molar-refractivity contribution is -0.129. The second kappa shape index (κ2) is 10.0. The van der Waals surface area contributed by atoms with Crippen molar-refractivity contribution in [3.05, 3.63) is 53.2 Å². The standard InChI is InChI=1S/C21H17F4NO6/c1-3-29-17-9-11(4-6-15(17)31-21(24)25)8-13-19(27)32-18(26-13)12-5-7-14(30-20(22)23)16(10-12)28-2/h4-10,20-21H,3H2,1-2H3/b13-8-. The molecule has 0 aliphatic carbocycles. The highest BCUT2D eigenvalue weighted by atomic mass is 19.3. The summed E-state index contributed by atoms with van der Waals surface area (Å²) in [5.74, 6) is -1.13. The molecule has 0 bridgehead atoms. The molecule has 0 unspecified atom stereocenters. The van der Waals surface area contributed by atoms with Crippen LogP contribution in [0.3, 0.4) is 0 Å². The lowest BCUT2D eigenvalue weighted by atomic mass is 10.1. The van der Waals surface area contributed by atoms with Gasteiger partial charge in [0.1, 0.15) is 0 Å². The molecule has 0 atom stereocenters. The molecule has 0 amide bonds. The molecule has 1 aliphatic rings. The molecule has 2 aromatic carbocycles. The molecule has 1 aliphatic heterocycles. The Morgan fingerprint density at radius 1 is 0.969 bits per heavy atom. The summed E-state index contributed by atoms with van der Waals surface area (Å²) in [6.45, 7) is -4.18. The Hall–Kier alpha value is -3.76. The first kappa shape index (κ1) is 22.9. The van der Waals surface area contributed by atoms with Gasteiger partial charge < -0.3 is 23.7 Å². The second-order valence-corrected chi connectivity index (χ2v) is 6.10. The zero-order valence-electron chi connectivity index (χ0n) is 16.8. The highest BCUT2D eigenvalue weighted by molar-refractivity contribution is 6.13. The van der Waals surface area contributed by atoms with Crippen molar-refractivity contribution in [3.8, 4) is 23.0 Å². The average molecular weight is 455 g/mol. The zero-order chi connectivity index (χ0) is 23.3. The van der Waals surface area contributed by atoms with Gasteiger partial charge in [0.2, 0.25) is 5.90 Å². The molecule has 0 saturated carbocycles. The van der Waals surface area contributed by atoms with Gasteiger partial charge in [0.05, 0.1) is 13.7 Å². The van der Waals surface area contributed by atoms with Gasteiger partial charge in [-0.05, 0) is 48.9 Å². The zero-order valence-corrected chi connectivity index (χ0v) is 16.8. The number of ether oxygens (including phenoxy) is 5. The van der Waals surface area contributed by atoms with Gasteiger partial charge in [-0.3, -0.25) is 0 Å². The van der Waals surface area contributed by atoms with Crippen LogP contribution in [0.2, 0.25) is 0 Å². The Morgan fingerprint density at radius 2 is 1.62 bits per heavy atom. The maximum absolute atomic E-state index is 12.5. The minimum atomic E-state index is -3.04. The monoisotopic (exact) mass is 455 g/mol. The maximum Gasteiger partial charge on any atom is 0.387 e. The van der Waals surface area contributed by atoms with Crippen LogP contribution in [0, 0.1) is 0 Å². The second-order valence-electron chi connectivity index (χ2n) is 6.10. The fraction of sp³-hybridized carbons (Fsp3) is 0.238. The molecule has 0 aromatic heterocycles. The summed E-state index contributed by atoms with van der Waals surface area (Å²) in [7, 11) is 1.27. The van der Waals surface area contributed by atoms with Gasteiger partial charge in [0, 0.05) is 5.56 Å². The van der Waals surface area contributed by atoms with Crippen LogP contribution in [0.15, 0.2) is 47.1 Å². The smallest absolute Gasteiger partial charge is 0.387 e. The number of esters is 1. The van der Waals surface area contributed by atoms with E-state index in [0.29, 0.717) is 5.56 Å². The van der Waals surface area contributed by atoms with Gasteiger partial charge in [-0.25, -0.2) is 9.79 Å². The van der Waals surface area contributed by atoms with Crippen molar-refractivity contribution >= 4 is 17.9 Å². The third kappa shape index (κ3) is 5.48. The molecule has 3 rings (SSSR count). The first-order chi connectivity index (χ1) is 15.3. The molecular weight excluding hydrogens is 438 g/mol. The molecule has 170 valence electrons. The van der Waals surface area contributed by atoms with Crippen LogP contribution in [0.4, 0.5) is 17.6 Å². The number of methoxy groups -OCH3 is 1. The average Bonchev–Trinajstić information content (AvgIpc) is 3.10. The Bertz CT molecular complexity index is 1050.